The molecular formula is C17H23BrN4O2S. The molecule has 0 spiro atoms. The van der Waals surface area contributed by atoms with E-state index in [0.29, 0.717) is 0 Å². The molecule has 1 aromatic heterocycles. The lowest BCUT2D eigenvalue weighted by Gasteiger charge is -2.35. The van der Waals surface area contributed by atoms with E-state index in [1.807, 2.05) is 23.1 Å². The topological polar surface area (TPSA) is 48.8 Å². The van der Waals surface area contributed by atoms with Crippen LogP contribution in [0, 0.1) is 0 Å². The number of benzene rings is 1. The number of carbonyl (C=O) groups is 1. The van der Waals surface area contributed by atoms with Crippen LogP contribution in [-0.2, 0) is 11.3 Å². The summed E-state index contributed by atoms with van der Waals surface area (Å²) in [6.45, 7) is 5.41. The van der Waals surface area contributed by atoms with Crippen molar-refractivity contribution in [1.29, 1.82) is 0 Å². The van der Waals surface area contributed by atoms with E-state index in [4.69, 9.17) is 0 Å². The third-order valence-corrected chi connectivity index (χ3v) is 5.96. The number of aromatic nitrogens is 1. The number of likely N-dealkylation sites (N-methyl/N-ethyl adjacent to an activating group) is 1. The summed E-state index contributed by atoms with van der Waals surface area (Å²) in [5.74, 6) is 0.0223. The Morgan fingerprint density at radius 3 is 2.64 bits per heavy atom. The van der Waals surface area contributed by atoms with Gasteiger partial charge in [-0.2, -0.15) is 0 Å². The van der Waals surface area contributed by atoms with E-state index in [9.17, 15) is 9.59 Å². The molecule has 0 N–H and O–H groups in total. The Hall–Kier alpha value is -1.22. The van der Waals surface area contributed by atoms with E-state index >= 15 is 0 Å². The van der Waals surface area contributed by atoms with Crippen molar-refractivity contribution < 1.29 is 4.79 Å². The zero-order valence-electron chi connectivity index (χ0n) is 14.6. The maximum Gasteiger partial charge on any atom is 0.308 e. The highest BCUT2D eigenvalue weighted by molar-refractivity contribution is 9.10. The zero-order valence-corrected chi connectivity index (χ0v) is 17.0. The normalized spacial score (nSPS) is 16.1. The monoisotopic (exact) mass is 426 g/mol. The molecule has 136 valence electrons. The first kappa shape index (κ1) is 18.6. The molecule has 2 aromatic rings. The Balaban J connectivity index is 1.63. The van der Waals surface area contributed by atoms with Crippen molar-refractivity contribution >= 4 is 43.4 Å². The lowest BCUT2D eigenvalue weighted by molar-refractivity contribution is -0.133. The van der Waals surface area contributed by atoms with Crippen molar-refractivity contribution in [2.24, 2.45) is 0 Å². The summed E-state index contributed by atoms with van der Waals surface area (Å²) in [4.78, 5) is 31.3. The number of carbonyl (C=O) groups excluding carboxylic acids is 1. The van der Waals surface area contributed by atoms with Gasteiger partial charge in [-0.25, -0.2) is 0 Å². The number of hydrogen-bond acceptors (Lipinski definition) is 5. The van der Waals surface area contributed by atoms with E-state index in [1.54, 1.807) is 4.57 Å². The van der Waals surface area contributed by atoms with Gasteiger partial charge in [0.15, 0.2) is 0 Å². The number of nitrogens with zero attached hydrogens (tertiary/aromatic N) is 4. The highest BCUT2D eigenvalue weighted by atomic mass is 79.9. The number of halogens is 1. The highest BCUT2D eigenvalue weighted by Crippen LogP contribution is 2.22. The van der Waals surface area contributed by atoms with Gasteiger partial charge in [-0.1, -0.05) is 27.3 Å². The number of hydrogen-bond donors (Lipinski definition) is 0. The highest BCUT2D eigenvalue weighted by Gasteiger charge is 2.22. The Morgan fingerprint density at radius 2 is 1.96 bits per heavy atom. The van der Waals surface area contributed by atoms with E-state index in [-0.39, 0.29) is 17.3 Å². The van der Waals surface area contributed by atoms with Gasteiger partial charge in [0.05, 0.1) is 10.2 Å². The largest absolute Gasteiger partial charge is 0.339 e. The summed E-state index contributed by atoms with van der Waals surface area (Å²) in [7, 11) is 4.14. The molecule has 0 aliphatic carbocycles. The van der Waals surface area contributed by atoms with Crippen molar-refractivity contribution in [3.63, 3.8) is 0 Å². The Kier molecular flexibility index (Phi) is 5.93. The van der Waals surface area contributed by atoms with Gasteiger partial charge >= 0.3 is 4.87 Å². The fraction of sp³-hybridized carbons (Fsp3) is 0.529. The molecule has 0 unspecified atom stereocenters. The van der Waals surface area contributed by atoms with Gasteiger partial charge in [0.25, 0.3) is 0 Å². The van der Waals surface area contributed by atoms with Crippen LogP contribution in [0.25, 0.3) is 10.2 Å². The number of thiazole rings is 1. The van der Waals surface area contributed by atoms with Crippen LogP contribution >= 0.6 is 27.3 Å². The molecule has 6 nitrogen and oxygen atoms in total. The molecule has 8 heteroatoms. The van der Waals surface area contributed by atoms with E-state index < -0.39 is 0 Å². The molecule has 1 fully saturated rings. The number of amides is 1. The maximum atomic E-state index is 12.7. The summed E-state index contributed by atoms with van der Waals surface area (Å²) in [6, 6.07) is 5.73. The van der Waals surface area contributed by atoms with Gasteiger partial charge in [-0.15, -0.1) is 0 Å². The smallest absolute Gasteiger partial charge is 0.308 e. The van der Waals surface area contributed by atoms with Gasteiger partial charge in [0, 0.05) is 43.7 Å². The quantitative estimate of drug-likeness (QED) is 0.727. The van der Waals surface area contributed by atoms with Gasteiger partial charge in [0.1, 0.15) is 6.54 Å². The van der Waals surface area contributed by atoms with Gasteiger partial charge in [0.2, 0.25) is 5.91 Å². The number of piperazine rings is 1. The Labute approximate surface area is 159 Å². The summed E-state index contributed by atoms with van der Waals surface area (Å²) < 4.78 is 3.41. The number of fused-ring (bicyclic) bond motifs is 1. The van der Waals surface area contributed by atoms with Crippen LogP contribution in [0.2, 0.25) is 0 Å². The van der Waals surface area contributed by atoms with Crippen molar-refractivity contribution in [1.82, 2.24) is 19.3 Å². The van der Waals surface area contributed by atoms with Gasteiger partial charge in [-0.05, 0) is 32.3 Å². The summed E-state index contributed by atoms with van der Waals surface area (Å²) >= 11 is 4.62. The minimum absolute atomic E-state index is 0.0223. The van der Waals surface area contributed by atoms with Crippen molar-refractivity contribution in [2.75, 3.05) is 53.4 Å². The summed E-state index contributed by atoms with van der Waals surface area (Å²) in [6.07, 6.45) is 0. The number of rotatable bonds is 5. The van der Waals surface area contributed by atoms with Crippen molar-refractivity contribution in [3.8, 4) is 0 Å². The predicted molar refractivity (Wildman–Crippen MR) is 105 cm³/mol. The van der Waals surface area contributed by atoms with E-state index in [1.165, 1.54) is 11.3 Å². The first-order valence-electron chi connectivity index (χ1n) is 8.38. The van der Waals surface area contributed by atoms with E-state index in [2.05, 4.69) is 39.8 Å². The molecule has 1 aliphatic heterocycles. The molecule has 1 amide bonds. The first-order valence-corrected chi connectivity index (χ1v) is 9.99. The Bertz CT molecular complexity index is 809. The zero-order chi connectivity index (χ0) is 18.0. The van der Waals surface area contributed by atoms with Gasteiger partial charge in [-0.3, -0.25) is 19.1 Å². The van der Waals surface area contributed by atoms with Crippen LogP contribution in [0.4, 0.5) is 0 Å². The fourth-order valence-electron chi connectivity index (χ4n) is 2.98. The second kappa shape index (κ2) is 7.99. The average Bonchev–Trinajstić information content (AvgIpc) is 2.88. The van der Waals surface area contributed by atoms with Crippen molar-refractivity contribution in [2.45, 2.75) is 6.54 Å². The average molecular weight is 427 g/mol. The van der Waals surface area contributed by atoms with Gasteiger partial charge < -0.3 is 9.80 Å². The second-order valence-corrected chi connectivity index (χ2v) is 8.50. The molecule has 25 heavy (non-hydrogen) atoms. The summed E-state index contributed by atoms with van der Waals surface area (Å²) in [5, 5.41) is 0. The van der Waals surface area contributed by atoms with Crippen molar-refractivity contribution in [3.05, 3.63) is 32.3 Å². The molecule has 1 aliphatic rings. The molecule has 1 saturated heterocycles. The molecule has 3 rings (SSSR count). The Morgan fingerprint density at radius 1 is 1.24 bits per heavy atom. The SMILES string of the molecule is CN(C)CCN1CCN(C(=O)Cn2c(=O)sc3ccc(Br)cc32)CC1. The van der Waals surface area contributed by atoms with Crippen LogP contribution in [0.5, 0.6) is 0 Å². The lowest BCUT2D eigenvalue weighted by atomic mass is 10.3. The molecule has 2 heterocycles. The molecular weight excluding hydrogens is 404 g/mol. The molecule has 1 aromatic carbocycles. The standard InChI is InChI=1S/C17H23BrN4O2S/c1-19(2)5-6-20-7-9-21(10-8-20)16(23)12-22-14-11-13(18)3-4-15(14)25-17(22)24/h3-4,11H,5-10,12H2,1-2H3. The third kappa shape index (κ3) is 4.49. The second-order valence-electron chi connectivity index (χ2n) is 6.59. The minimum Gasteiger partial charge on any atom is -0.339 e. The lowest BCUT2D eigenvalue weighted by Crippen LogP contribution is -2.50. The van der Waals surface area contributed by atoms with Crippen LogP contribution in [0.1, 0.15) is 0 Å². The third-order valence-electron chi connectivity index (χ3n) is 4.51. The molecule has 0 bridgehead atoms. The molecule has 0 radical (unpaired) electrons. The molecule has 0 saturated carbocycles. The van der Waals surface area contributed by atoms with Crippen LogP contribution in [-0.4, -0.2) is 78.5 Å². The maximum absolute atomic E-state index is 12.7. The minimum atomic E-state index is -0.0777. The fourth-order valence-corrected chi connectivity index (χ4v) is 4.20. The van der Waals surface area contributed by atoms with E-state index in [0.717, 1.165) is 54.0 Å². The van der Waals surface area contributed by atoms with Crippen LogP contribution in [0.3, 0.4) is 0 Å². The summed E-state index contributed by atoms with van der Waals surface area (Å²) in [5.41, 5.74) is 0.822. The first-order chi connectivity index (χ1) is 11.9. The molecule has 0 atom stereocenters. The van der Waals surface area contributed by atoms with Crippen LogP contribution in [0.15, 0.2) is 27.5 Å². The van der Waals surface area contributed by atoms with Crippen LogP contribution < -0.4 is 4.87 Å². The predicted octanol–water partition coefficient (Wildman–Crippen LogP) is 1.53.